The number of carbonyl (C=O) groups is 1. The van der Waals surface area contributed by atoms with E-state index < -0.39 is 29.6 Å². The molecule has 3 aromatic carbocycles. The predicted octanol–water partition coefficient (Wildman–Crippen LogP) is 7.41. The van der Waals surface area contributed by atoms with Crippen molar-refractivity contribution in [3.63, 3.8) is 0 Å². The number of anilines is 1. The quantitative estimate of drug-likeness (QED) is 0.149. The van der Waals surface area contributed by atoms with Crippen LogP contribution in [0.3, 0.4) is 0 Å². The summed E-state index contributed by atoms with van der Waals surface area (Å²) in [6, 6.07) is 20.8. The van der Waals surface area contributed by atoms with Crippen LogP contribution in [0.5, 0.6) is 11.5 Å². The summed E-state index contributed by atoms with van der Waals surface area (Å²) in [4.78, 5) is 13.7. The molecule has 0 aromatic heterocycles. The van der Waals surface area contributed by atoms with Crippen molar-refractivity contribution in [1.29, 1.82) is 0 Å². The van der Waals surface area contributed by atoms with Gasteiger partial charge in [-0.2, -0.15) is 21.6 Å². The second-order valence-electron chi connectivity index (χ2n) is 11.7. The lowest BCUT2D eigenvalue weighted by atomic mass is 9.99. The zero-order valence-corrected chi connectivity index (χ0v) is 26.6. The maximum atomic E-state index is 13.8. The van der Waals surface area contributed by atoms with Gasteiger partial charge in [0.2, 0.25) is 0 Å². The number of carbonyl (C=O) groups excluding carboxylic acids is 1. The third-order valence-corrected chi connectivity index (χ3v) is 16.6. The molecule has 5 rings (SSSR count). The van der Waals surface area contributed by atoms with Crippen LogP contribution in [-0.2, 0) is 10.1 Å². The molecule has 0 bridgehead atoms. The van der Waals surface area contributed by atoms with Gasteiger partial charge < -0.3 is 14.2 Å². The minimum Gasteiger partial charge on any atom is -0.497 e. The lowest BCUT2D eigenvalue weighted by Crippen LogP contribution is -2.66. The van der Waals surface area contributed by atoms with Gasteiger partial charge in [0.25, 0.3) is 5.91 Å². The molecular weight excluding hydrogens is 608 g/mol. The maximum absolute atomic E-state index is 13.8. The summed E-state index contributed by atoms with van der Waals surface area (Å²) in [6.45, 7) is 0. The van der Waals surface area contributed by atoms with E-state index >= 15 is 0 Å². The molecule has 2 fully saturated rings. The second-order valence-corrected chi connectivity index (χ2v) is 17.7. The number of methoxy groups -OCH3 is 1. The van der Waals surface area contributed by atoms with Crippen LogP contribution in [0.25, 0.3) is 0 Å². The van der Waals surface area contributed by atoms with Crippen LogP contribution in [-0.4, -0.2) is 35.0 Å². The average molecular weight is 646 g/mol. The normalized spacial score (nSPS) is 17.2. The van der Waals surface area contributed by atoms with Gasteiger partial charge in [0.05, 0.1) is 7.11 Å². The van der Waals surface area contributed by atoms with Gasteiger partial charge in [-0.25, -0.2) is 0 Å². The van der Waals surface area contributed by atoms with Gasteiger partial charge in [0.15, 0.2) is 0 Å². The van der Waals surface area contributed by atoms with E-state index in [2.05, 4.69) is 5.32 Å². The van der Waals surface area contributed by atoms with Gasteiger partial charge in [-0.1, -0.05) is 106 Å². The molecule has 0 aliphatic heterocycles. The summed E-state index contributed by atoms with van der Waals surface area (Å²) in [5.74, 6) is -0.241. The van der Waals surface area contributed by atoms with Gasteiger partial charge in [0, 0.05) is 16.4 Å². The first-order valence-corrected chi connectivity index (χ1v) is 18.8. The Bertz CT molecular complexity index is 1520. The fourth-order valence-corrected chi connectivity index (χ4v) is 15.2. The fourth-order valence-electron chi connectivity index (χ4n) is 7.42. The van der Waals surface area contributed by atoms with E-state index in [1.165, 1.54) is 19.2 Å². The predicted molar refractivity (Wildman–Crippen MR) is 168 cm³/mol. The van der Waals surface area contributed by atoms with Crippen LogP contribution in [0.15, 0.2) is 72.8 Å². The zero-order valence-electron chi connectivity index (χ0n) is 24.7. The molecule has 2 aliphatic rings. The SMILES string of the molecule is COc1ccc(C(=O)Nc2cccc(OS(=O)(=O)C(F)(F)F)c2[Si](c2ccccc2)(C2CCCCC2)C2CCCCC2)cc1. The first-order chi connectivity index (χ1) is 21.1. The lowest BCUT2D eigenvalue weighted by Gasteiger charge is -2.49. The van der Waals surface area contributed by atoms with E-state index in [0.717, 1.165) is 69.4 Å². The van der Waals surface area contributed by atoms with E-state index in [-0.39, 0.29) is 16.8 Å². The van der Waals surface area contributed by atoms with Crippen molar-refractivity contribution in [1.82, 2.24) is 0 Å². The number of halogens is 3. The van der Waals surface area contributed by atoms with Crippen molar-refractivity contribution in [3.8, 4) is 11.5 Å². The molecule has 44 heavy (non-hydrogen) atoms. The summed E-state index contributed by atoms with van der Waals surface area (Å²) in [5, 5.41) is 4.44. The molecule has 3 aromatic rings. The summed E-state index contributed by atoms with van der Waals surface area (Å²) in [7, 11) is -7.63. The van der Waals surface area contributed by atoms with Crippen molar-refractivity contribution in [3.05, 3.63) is 78.4 Å². The largest absolute Gasteiger partial charge is 0.534 e. The highest BCUT2D eigenvalue weighted by atomic mass is 32.2. The van der Waals surface area contributed by atoms with Crippen LogP contribution in [0, 0.1) is 0 Å². The summed E-state index contributed by atoms with van der Waals surface area (Å²) in [5.41, 5.74) is -4.74. The lowest BCUT2D eigenvalue weighted by molar-refractivity contribution is -0.0499. The Balaban J connectivity index is 1.78. The highest BCUT2D eigenvalue weighted by Gasteiger charge is 2.55. The van der Waals surface area contributed by atoms with Crippen molar-refractivity contribution >= 4 is 40.2 Å². The zero-order chi connectivity index (χ0) is 31.4. The minimum atomic E-state index is -5.99. The maximum Gasteiger partial charge on any atom is 0.534 e. The molecule has 236 valence electrons. The van der Waals surface area contributed by atoms with E-state index in [1.54, 1.807) is 30.3 Å². The highest BCUT2D eigenvalue weighted by molar-refractivity contribution is 7.88. The molecule has 0 heterocycles. The van der Waals surface area contributed by atoms with E-state index in [4.69, 9.17) is 8.92 Å². The number of alkyl halides is 3. The van der Waals surface area contributed by atoms with E-state index in [1.807, 2.05) is 30.3 Å². The monoisotopic (exact) mass is 645 g/mol. The molecular formula is C33H38F3NO5SSi. The minimum absolute atomic E-state index is 0.122. The van der Waals surface area contributed by atoms with Gasteiger partial charge in [0.1, 0.15) is 19.6 Å². The van der Waals surface area contributed by atoms with E-state index in [9.17, 15) is 26.4 Å². The van der Waals surface area contributed by atoms with Crippen molar-refractivity contribution in [2.24, 2.45) is 0 Å². The summed E-state index contributed by atoms with van der Waals surface area (Å²) >= 11 is 0. The smallest absolute Gasteiger partial charge is 0.497 e. The van der Waals surface area contributed by atoms with Crippen LogP contribution < -0.4 is 24.6 Å². The number of rotatable bonds is 9. The first kappa shape index (κ1) is 32.1. The molecule has 0 radical (unpaired) electrons. The standard InChI is InChI=1S/C33H38F3NO5SSi/c1-41-25-22-20-24(21-23-25)32(38)37-29-18-11-19-30(42-43(39,40)33(34,35)36)31(29)44(26-12-5-2-6-13-26,27-14-7-3-8-15-27)28-16-9-4-10-17-28/h2,5-6,11-13,18-23,27-28H,3-4,7-10,14-17H2,1H3,(H,37,38). The molecule has 0 saturated heterocycles. The number of hydrogen-bond donors (Lipinski definition) is 1. The third kappa shape index (κ3) is 6.40. The number of hydrogen-bond acceptors (Lipinski definition) is 5. The number of amides is 1. The van der Waals surface area contributed by atoms with Crippen molar-refractivity contribution in [2.45, 2.75) is 80.8 Å². The third-order valence-electron chi connectivity index (χ3n) is 9.27. The van der Waals surface area contributed by atoms with Gasteiger partial charge in [-0.05, 0) is 47.5 Å². The molecule has 2 aliphatic carbocycles. The van der Waals surface area contributed by atoms with Crippen LogP contribution in [0.1, 0.15) is 74.6 Å². The van der Waals surface area contributed by atoms with Crippen LogP contribution >= 0.6 is 0 Å². The Morgan fingerprint density at radius 1 is 0.795 bits per heavy atom. The Hall–Kier alpha value is -3.31. The first-order valence-electron chi connectivity index (χ1n) is 15.2. The highest BCUT2D eigenvalue weighted by Crippen LogP contribution is 2.50. The molecule has 2 saturated carbocycles. The fraction of sp³-hybridized carbons (Fsp3) is 0.424. The Morgan fingerprint density at radius 2 is 1.36 bits per heavy atom. The van der Waals surface area contributed by atoms with Gasteiger partial charge in [-0.15, -0.1) is 0 Å². The molecule has 0 atom stereocenters. The van der Waals surface area contributed by atoms with Crippen LogP contribution in [0.4, 0.5) is 18.9 Å². The topological polar surface area (TPSA) is 81.7 Å². The summed E-state index contributed by atoms with van der Waals surface area (Å²) in [6.07, 6.45) is 9.59. The number of benzene rings is 3. The number of nitrogens with one attached hydrogen (secondary N) is 1. The van der Waals surface area contributed by atoms with Crippen LogP contribution in [0.2, 0.25) is 11.1 Å². The van der Waals surface area contributed by atoms with Gasteiger partial charge >= 0.3 is 15.6 Å². The Morgan fingerprint density at radius 3 is 1.89 bits per heavy atom. The molecule has 1 amide bonds. The molecule has 6 nitrogen and oxygen atoms in total. The summed E-state index contributed by atoms with van der Waals surface area (Å²) < 4.78 is 76.8. The Kier molecular flexibility index (Phi) is 9.74. The number of ether oxygens (including phenoxy) is 1. The molecule has 11 heteroatoms. The van der Waals surface area contributed by atoms with E-state index in [0.29, 0.717) is 22.2 Å². The Labute approximate surface area is 258 Å². The molecule has 0 unspecified atom stereocenters. The second kappa shape index (κ2) is 13.4. The van der Waals surface area contributed by atoms with Gasteiger partial charge in [-0.3, -0.25) is 4.79 Å². The molecule has 1 N–H and O–H groups in total. The average Bonchev–Trinajstić information content (AvgIpc) is 3.03. The molecule has 0 spiro atoms. The van der Waals surface area contributed by atoms with Crippen molar-refractivity contribution < 1.29 is 35.3 Å². The van der Waals surface area contributed by atoms with Crippen molar-refractivity contribution in [2.75, 3.05) is 12.4 Å².